The Morgan fingerprint density at radius 3 is 1.01 bits per heavy atom. The highest BCUT2D eigenvalue weighted by Crippen LogP contribution is 2.54. The Balaban J connectivity index is 1.05. The van der Waals surface area contributed by atoms with Gasteiger partial charge in [0, 0.05) is 27.1 Å². The van der Waals surface area contributed by atoms with E-state index in [4.69, 9.17) is 9.47 Å². The highest BCUT2D eigenvalue weighted by molar-refractivity contribution is 7.86. The number of rotatable bonds is 5. The Kier molecular flexibility index (Phi) is 10.6. The number of halogens is 4. The second-order valence-electron chi connectivity index (χ2n) is 21.0. The topological polar surface area (TPSA) is 57.5 Å². The van der Waals surface area contributed by atoms with Crippen LogP contribution in [0.2, 0.25) is 0 Å². The average Bonchev–Trinajstić information content (AvgIpc) is 3.70. The third kappa shape index (κ3) is 7.58. The van der Waals surface area contributed by atoms with Gasteiger partial charge in [0.05, 0.1) is 32.3 Å². The summed E-state index contributed by atoms with van der Waals surface area (Å²) < 4.78 is 105. The number of aromatic nitrogens is 1. The van der Waals surface area contributed by atoms with Crippen LogP contribution in [0.1, 0.15) is 52.7 Å². The summed E-state index contributed by atoms with van der Waals surface area (Å²) in [7, 11) is -7.71. The number of hydrogen-bond acceptors (Lipinski definition) is 4. The van der Waals surface area contributed by atoms with Gasteiger partial charge in [0.1, 0.15) is 46.3 Å². The van der Waals surface area contributed by atoms with Crippen molar-refractivity contribution in [3.63, 3.8) is 0 Å². The second kappa shape index (κ2) is 16.5. The summed E-state index contributed by atoms with van der Waals surface area (Å²) in [6.07, 6.45) is 0. The van der Waals surface area contributed by atoms with Crippen LogP contribution < -0.4 is 41.3 Å². The molecule has 362 valence electrons. The number of hydrogen-bond donors (Lipinski definition) is 0. The minimum absolute atomic E-state index is 0.111. The predicted molar refractivity (Wildman–Crippen MR) is 288 cm³/mol. The van der Waals surface area contributed by atoms with Gasteiger partial charge in [0.2, 0.25) is 0 Å². The van der Waals surface area contributed by atoms with Crippen LogP contribution in [0.3, 0.4) is 0 Å². The lowest BCUT2D eigenvalue weighted by Gasteiger charge is -2.29. The van der Waals surface area contributed by atoms with E-state index in [-0.39, 0.29) is 55.0 Å². The minimum Gasteiger partial charge on any atom is -0.456 e. The molecular weight excluding hydrogens is 961 g/mol. The fourth-order valence-corrected chi connectivity index (χ4v) is 16.1. The molecule has 0 aliphatic carbocycles. The molecule has 10 aromatic rings. The van der Waals surface area contributed by atoms with Crippen molar-refractivity contribution in [3.8, 4) is 50.9 Å². The van der Waals surface area contributed by atoms with Gasteiger partial charge in [-0.05, 0) is 159 Å². The van der Waals surface area contributed by atoms with Crippen LogP contribution >= 0.6 is 14.3 Å². The van der Waals surface area contributed by atoms with E-state index in [1.807, 2.05) is 24.3 Å². The lowest BCUT2D eigenvalue weighted by molar-refractivity contribution is 0.481. The molecule has 0 fully saturated rings. The van der Waals surface area contributed by atoms with Crippen molar-refractivity contribution in [2.45, 2.75) is 52.4 Å². The molecule has 73 heavy (non-hydrogen) atoms. The van der Waals surface area contributed by atoms with Crippen LogP contribution in [0, 0.1) is 23.3 Å². The summed E-state index contributed by atoms with van der Waals surface area (Å²) in [5.41, 5.74) is 8.22. The second-order valence-corrected chi connectivity index (χ2v) is 26.4. The fraction of sp³-hybridized carbons (Fsp3) is 0.129. The van der Waals surface area contributed by atoms with E-state index in [9.17, 15) is 17.6 Å². The summed E-state index contributed by atoms with van der Waals surface area (Å²) >= 11 is 0. The van der Waals surface area contributed by atoms with Crippen molar-refractivity contribution in [2.75, 3.05) is 0 Å². The molecular formula is C62H47F4NO4P2. The normalized spacial score (nSPS) is 14.4. The molecule has 0 spiro atoms. The van der Waals surface area contributed by atoms with Crippen molar-refractivity contribution in [3.05, 3.63) is 210 Å². The Morgan fingerprint density at radius 1 is 0.370 bits per heavy atom. The van der Waals surface area contributed by atoms with E-state index in [0.29, 0.717) is 10.6 Å². The molecule has 12 rings (SSSR count). The Hall–Kier alpha value is -7.44. The minimum atomic E-state index is -3.85. The monoisotopic (exact) mass is 1010 g/mol. The average molecular weight is 1010 g/mol. The van der Waals surface area contributed by atoms with E-state index >= 15 is 9.13 Å². The molecule has 11 heteroatoms. The van der Waals surface area contributed by atoms with Crippen LogP contribution in [0.5, 0.6) is 23.0 Å². The first kappa shape index (κ1) is 46.6. The van der Waals surface area contributed by atoms with Crippen molar-refractivity contribution in [1.82, 2.24) is 4.57 Å². The van der Waals surface area contributed by atoms with Gasteiger partial charge >= 0.3 is 0 Å². The molecule has 3 heterocycles. The molecule has 5 nitrogen and oxygen atoms in total. The lowest BCUT2D eigenvalue weighted by Crippen LogP contribution is -2.31. The van der Waals surface area contributed by atoms with Crippen LogP contribution in [-0.4, -0.2) is 4.57 Å². The Bertz CT molecular complexity index is 3690. The van der Waals surface area contributed by atoms with Gasteiger partial charge in [-0.3, -0.25) is 0 Å². The van der Waals surface area contributed by atoms with E-state index < -0.39 is 37.6 Å². The molecule has 0 atom stereocenters. The highest BCUT2D eigenvalue weighted by Gasteiger charge is 2.41. The molecule has 0 bridgehead atoms. The van der Waals surface area contributed by atoms with Crippen molar-refractivity contribution in [1.29, 1.82) is 0 Å². The maximum Gasteiger partial charge on any atom is 0.178 e. The number of benzene rings is 9. The van der Waals surface area contributed by atoms with E-state index in [1.54, 1.807) is 24.3 Å². The van der Waals surface area contributed by atoms with E-state index in [2.05, 4.69) is 101 Å². The first-order chi connectivity index (χ1) is 34.8. The molecule has 0 radical (unpaired) electrons. The largest absolute Gasteiger partial charge is 0.456 e. The third-order valence-corrected chi connectivity index (χ3v) is 20.4. The standard InChI is InChI=1S/C62H47F4NO4P2/c1-61(2,3)40-11-21-51-49(30-40)50-31-41(62(4,5)6)12-22-52(50)67(51)46-28-38(36-7-17-47(18-8-36)72(68)57-32-42(63)13-23-53(57)70-54-24-14-43(64)33-58(54)72)27-39(29-46)37-9-19-48(20-10-37)73(69)59-34-44(65)15-25-55(59)71-56-26-16-45(66)35-60(56)73/h7-35H,1-6H3. The molecule has 2 aliphatic heterocycles. The number of ether oxygens (including phenoxy) is 2. The van der Waals surface area contributed by atoms with Gasteiger partial charge in [0.15, 0.2) is 14.3 Å². The van der Waals surface area contributed by atoms with Gasteiger partial charge < -0.3 is 23.2 Å². The van der Waals surface area contributed by atoms with Crippen LogP contribution in [0.4, 0.5) is 17.6 Å². The maximum absolute atomic E-state index is 15.6. The highest BCUT2D eigenvalue weighted by atomic mass is 31.2. The Labute approximate surface area is 420 Å². The van der Waals surface area contributed by atoms with Crippen LogP contribution in [0.25, 0.3) is 49.7 Å². The SMILES string of the molecule is CC(C)(C)c1ccc2c(c1)c1cc(C(C)(C)C)ccc1n2-c1cc(-c2ccc(P3(=O)c4cc(F)ccc4Oc4ccc(F)cc43)cc2)cc(-c2ccc(P3(=O)c4cc(F)ccc4Oc4ccc(F)cc43)cc2)c1. The lowest BCUT2D eigenvalue weighted by atomic mass is 9.85. The quantitative estimate of drug-likeness (QED) is 0.127. The van der Waals surface area contributed by atoms with Gasteiger partial charge in [-0.15, -0.1) is 0 Å². The zero-order chi connectivity index (χ0) is 50.9. The Morgan fingerprint density at radius 2 is 0.699 bits per heavy atom. The van der Waals surface area contributed by atoms with Crippen molar-refractivity contribution >= 4 is 67.9 Å². The molecule has 0 amide bonds. The zero-order valence-electron chi connectivity index (χ0n) is 40.7. The summed E-state index contributed by atoms with van der Waals surface area (Å²) in [6, 6.07) is 49.6. The molecule has 2 aliphatic rings. The van der Waals surface area contributed by atoms with Gasteiger partial charge in [-0.1, -0.05) is 102 Å². The smallest absolute Gasteiger partial charge is 0.178 e. The first-order valence-corrected chi connectivity index (χ1v) is 27.4. The van der Waals surface area contributed by atoms with Crippen molar-refractivity contribution in [2.24, 2.45) is 0 Å². The maximum atomic E-state index is 15.6. The van der Waals surface area contributed by atoms with Gasteiger partial charge in [-0.25, -0.2) is 17.6 Å². The third-order valence-electron chi connectivity index (χ3n) is 14.3. The predicted octanol–water partition coefficient (Wildman–Crippen LogP) is 14.8. The van der Waals surface area contributed by atoms with Crippen molar-refractivity contribution < 1.29 is 36.2 Å². The molecule has 0 unspecified atom stereocenters. The van der Waals surface area contributed by atoms with Gasteiger partial charge in [-0.2, -0.15) is 0 Å². The molecule has 9 aromatic carbocycles. The van der Waals surface area contributed by atoms with Crippen LogP contribution in [0.15, 0.2) is 176 Å². The summed E-state index contributed by atoms with van der Waals surface area (Å²) in [5, 5.41) is 3.56. The molecule has 0 saturated carbocycles. The molecule has 1 aromatic heterocycles. The van der Waals surface area contributed by atoms with Crippen LogP contribution in [-0.2, 0) is 20.0 Å². The summed E-state index contributed by atoms with van der Waals surface area (Å²) in [6.45, 7) is 13.2. The molecule has 0 saturated heterocycles. The molecule has 0 N–H and O–H groups in total. The summed E-state index contributed by atoms with van der Waals surface area (Å²) in [5.74, 6) is -1.43. The van der Waals surface area contributed by atoms with E-state index in [0.717, 1.165) is 49.7 Å². The number of nitrogens with zero attached hydrogens (tertiary/aromatic N) is 1. The first-order valence-electron chi connectivity index (χ1n) is 24.0. The number of fused-ring (bicyclic) bond motifs is 7. The van der Waals surface area contributed by atoms with E-state index in [1.165, 1.54) is 83.9 Å². The van der Waals surface area contributed by atoms with Gasteiger partial charge in [0.25, 0.3) is 0 Å². The fourth-order valence-electron chi connectivity index (χ4n) is 10.4. The zero-order valence-corrected chi connectivity index (χ0v) is 42.5. The summed E-state index contributed by atoms with van der Waals surface area (Å²) in [4.78, 5) is 0.